The van der Waals surface area contributed by atoms with Crippen LogP contribution in [0.25, 0.3) is 0 Å². The Hall–Kier alpha value is -1.06. The van der Waals surface area contributed by atoms with Crippen molar-refractivity contribution in [2.75, 3.05) is 24.6 Å². The van der Waals surface area contributed by atoms with Gasteiger partial charge in [0.2, 0.25) is 0 Å². The van der Waals surface area contributed by atoms with Crippen molar-refractivity contribution in [2.45, 2.75) is 53.1 Å². The largest absolute Gasteiger partial charge is 0.395 e. The van der Waals surface area contributed by atoms with E-state index >= 15 is 0 Å². The van der Waals surface area contributed by atoms with Crippen molar-refractivity contribution in [3.05, 3.63) is 29.3 Å². The maximum Gasteiger partial charge on any atom is 0.0606 e. The molecule has 0 radical (unpaired) electrons. The molecule has 3 heteroatoms. The predicted octanol–water partition coefficient (Wildman–Crippen LogP) is 3.09. The van der Waals surface area contributed by atoms with Gasteiger partial charge >= 0.3 is 0 Å². The van der Waals surface area contributed by atoms with Crippen LogP contribution >= 0.6 is 0 Å². The van der Waals surface area contributed by atoms with Gasteiger partial charge in [-0.3, -0.25) is 0 Å². The molecule has 0 saturated heterocycles. The van der Waals surface area contributed by atoms with Gasteiger partial charge in [0, 0.05) is 30.9 Å². The van der Waals surface area contributed by atoms with Crippen molar-refractivity contribution in [3.8, 4) is 0 Å². The molecule has 1 aromatic rings. The fraction of sp³-hybridized carbons (Fsp3) is 0.647. The van der Waals surface area contributed by atoms with Gasteiger partial charge < -0.3 is 15.3 Å². The molecule has 2 N–H and O–H groups in total. The zero-order valence-electron chi connectivity index (χ0n) is 13.7. The Morgan fingerprint density at radius 1 is 1.20 bits per heavy atom. The molecule has 0 bridgehead atoms. The molecule has 0 aromatic heterocycles. The highest BCUT2D eigenvalue weighted by molar-refractivity contribution is 5.55. The summed E-state index contributed by atoms with van der Waals surface area (Å²) in [4.78, 5) is 2.28. The van der Waals surface area contributed by atoms with E-state index in [2.05, 4.69) is 63.0 Å². The number of aryl methyl sites for hydroxylation is 1. The first kappa shape index (κ1) is 17.0. The summed E-state index contributed by atoms with van der Waals surface area (Å²) in [5, 5.41) is 12.8. The molecule has 0 aliphatic heterocycles. The topological polar surface area (TPSA) is 35.5 Å². The maximum absolute atomic E-state index is 9.27. The summed E-state index contributed by atoms with van der Waals surface area (Å²) in [5.74, 6) is 0. The summed E-state index contributed by atoms with van der Waals surface area (Å²) in [6.45, 7) is 13.6. The number of anilines is 1. The van der Waals surface area contributed by atoms with Crippen LogP contribution in [0.5, 0.6) is 0 Å². The van der Waals surface area contributed by atoms with Crippen LogP contribution in [0.1, 0.15) is 45.2 Å². The average molecular weight is 278 g/mol. The molecule has 0 saturated carbocycles. The lowest BCUT2D eigenvalue weighted by atomic mass is 10.0. The van der Waals surface area contributed by atoms with E-state index in [1.165, 1.54) is 16.8 Å². The highest BCUT2D eigenvalue weighted by atomic mass is 16.3. The number of aliphatic hydroxyl groups is 1. The van der Waals surface area contributed by atoms with E-state index in [1.807, 2.05) is 0 Å². The third kappa shape index (κ3) is 5.51. The first-order valence-corrected chi connectivity index (χ1v) is 7.57. The van der Waals surface area contributed by atoms with Gasteiger partial charge in [-0.15, -0.1) is 0 Å². The molecule has 0 aliphatic carbocycles. The third-order valence-electron chi connectivity index (χ3n) is 3.25. The molecular weight excluding hydrogens is 248 g/mol. The van der Waals surface area contributed by atoms with Gasteiger partial charge in [-0.1, -0.05) is 24.6 Å². The van der Waals surface area contributed by atoms with Crippen LogP contribution in [0.4, 0.5) is 5.69 Å². The lowest BCUT2D eigenvalue weighted by Gasteiger charge is -2.28. The molecule has 20 heavy (non-hydrogen) atoms. The number of rotatable bonds is 7. The lowest BCUT2D eigenvalue weighted by Crippen LogP contribution is -2.36. The molecule has 114 valence electrons. The first-order valence-electron chi connectivity index (χ1n) is 7.57. The van der Waals surface area contributed by atoms with E-state index in [4.69, 9.17) is 0 Å². The van der Waals surface area contributed by atoms with E-state index in [1.54, 1.807) is 0 Å². The number of aliphatic hydroxyl groups excluding tert-OH is 1. The molecule has 1 aromatic carbocycles. The molecule has 0 aliphatic rings. The monoisotopic (exact) mass is 278 g/mol. The van der Waals surface area contributed by atoms with E-state index in [-0.39, 0.29) is 12.1 Å². The van der Waals surface area contributed by atoms with E-state index < -0.39 is 0 Å². The highest BCUT2D eigenvalue weighted by Crippen LogP contribution is 2.23. The van der Waals surface area contributed by atoms with Crippen LogP contribution in [-0.4, -0.2) is 30.3 Å². The Kier molecular flexibility index (Phi) is 6.50. The van der Waals surface area contributed by atoms with Crippen molar-refractivity contribution in [1.29, 1.82) is 0 Å². The highest BCUT2D eigenvalue weighted by Gasteiger charge is 2.14. The Labute approximate surface area is 124 Å². The van der Waals surface area contributed by atoms with Crippen LogP contribution in [-0.2, 0) is 6.54 Å². The standard InChI is InChI=1S/C17H30N2O/c1-6-9-19(10-11-20)16-8-7-14(2)12-15(16)13-18-17(3,4)5/h7-8,12,18,20H,6,9-11,13H2,1-5H3. The molecule has 0 unspecified atom stereocenters. The van der Waals surface area contributed by atoms with Crippen molar-refractivity contribution in [2.24, 2.45) is 0 Å². The van der Waals surface area contributed by atoms with E-state index in [0.29, 0.717) is 6.54 Å². The summed E-state index contributed by atoms with van der Waals surface area (Å²) in [6, 6.07) is 6.57. The van der Waals surface area contributed by atoms with Crippen molar-refractivity contribution in [1.82, 2.24) is 5.32 Å². The second-order valence-electron chi connectivity index (χ2n) is 6.45. The molecule has 0 spiro atoms. The number of nitrogens with zero attached hydrogens (tertiary/aromatic N) is 1. The average Bonchev–Trinajstić information content (AvgIpc) is 2.35. The SMILES string of the molecule is CCCN(CCO)c1ccc(C)cc1CNC(C)(C)C. The molecule has 0 fully saturated rings. The van der Waals surface area contributed by atoms with Crippen LogP contribution in [0.2, 0.25) is 0 Å². The molecule has 0 amide bonds. The van der Waals surface area contributed by atoms with Crippen molar-refractivity contribution in [3.63, 3.8) is 0 Å². The van der Waals surface area contributed by atoms with Gasteiger partial charge in [-0.05, 0) is 45.7 Å². The minimum atomic E-state index is 0.105. The molecule has 0 atom stereocenters. The van der Waals surface area contributed by atoms with Crippen LogP contribution in [0.15, 0.2) is 18.2 Å². The normalized spacial score (nSPS) is 11.7. The summed E-state index contributed by atoms with van der Waals surface area (Å²) in [7, 11) is 0. The number of benzene rings is 1. The zero-order valence-corrected chi connectivity index (χ0v) is 13.7. The third-order valence-corrected chi connectivity index (χ3v) is 3.25. The van der Waals surface area contributed by atoms with Gasteiger partial charge in [-0.25, -0.2) is 0 Å². The summed E-state index contributed by atoms with van der Waals surface area (Å²) in [5.41, 5.74) is 3.93. The van der Waals surface area contributed by atoms with E-state index in [0.717, 1.165) is 19.5 Å². The van der Waals surface area contributed by atoms with Crippen molar-refractivity contribution >= 4 is 5.69 Å². The van der Waals surface area contributed by atoms with Crippen LogP contribution in [0, 0.1) is 6.92 Å². The minimum Gasteiger partial charge on any atom is -0.395 e. The zero-order chi connectivity index (χ0) is 15.2. The fourth-order valence-corrected chi connectivity index (χ4v) is 2.27. The second-order valence-corrected chi connectivity index (χ2v) is 6.45. The summed E-state index contributed by atoms with van der Waals surface area (Å²) >= 11 is 0. The Morgan fingerprint density at radius 2 is 1.90 bits per heavy atom. The smallest absolute Gasteiger partial charge is 0.0606 e. The summed E-state index contributed by atoms with van der Waals surface area (Å²) < 4.78 is 0. The second kappa shape index (κ2) is 7.65. The van der Waals surface area contributed by atoms with Gasteiger partial charge in [0.05, 0.1) is 6.61 Å². The minimum absolute atomic E-state index is 0.105. The van der Waals surface area contributed by atoms with Crippen LogP contribution < -0.4 is 10.2 Å². The number of hydrogen-bond acceptors (Lipinski definition) is 3. The maximum atomic E-state index is 9.27. The van der Waals surface area contributed by atoms with Gasteiger partial charge in [0.25, 0.3) is 0 Å². The summed E-state index contributed by atoms with van der Waals surface area (Å²) in [6.07, 6.45) is 1.08. The molecule has 3 nitrogen and oxygen atoms in total. The van der Waals surface area contributed by atoms with E-state index in [9.17, 15) is 5.11 Å². The Balaban J connectivity index is 2.98. The predicted molar refractivity (Wildman–Crippen MR) is 87.4 cm³/mol. The van der Waals surface area contributed by atoms with Gasteiger partial charge in [0.1, 0.15) is 0 Å². The van der Waals surface area contributed by atoms with Gasteiger partial charge in [-0.2, -0.15) is 0 Å². The first-order chi connectivity index (χ1) is 9.37. The number of nitrogens with one attached hydrogen (secondary N) is 1. The van der Waals surface area contributed by atoms with Crippen LogP contribution in [0.3, 0.4) is 0 Å². The molecule has 1 rings (SSSR count). The van der Waals surface area contributed by atoms with Crippen molar-refractivity contribution < 1.29 is 5.11 Å². The Morgan fingerprint density at radius 3 is 2.45 bits per heavy atom. The Bertz CT molecular complexity index is 404. The fourth-order valence-electron chi connectivity index (χ4n) is 2.27. The number of hydrogen-bond donors (Lipinski definition) is 2. The molecule has 0 heterocycles. The quantitative estimate of drug-likeness (QED) is 0.804. The lowest BCUT2D eigenvalue weighted by molar-refractivity contribution is 0.301. The molecular formula is C17H30N2O. The van der Waals surface area contributed by atoms with Gasteiger partial charge in [0.15, 0.2) is 0 Å².